The van der Waals surface area contributed by atoms with Crippen molar-refractivity contribution in [3.8, 4) is 11.5 Å². The molecule has 2 aromatic rings. The number of nitrogens with zero attached hydrogens (tertiary/aromatic N) is 3. The van der Waals surface area contributed by atoms with Crippen molar-refractivity contribution in [1.82, 2.24) is 14.8 Å². The number of thiocarbonyl (C=S) groups is 1. The van der Waals surface area contributed by atoms with Crippen LogP contribution in [-0.2, 0) is 7.05 Å². The Balaban J connectivity index is 2.31. The zero-order chi connectivity index (χ0) is 11.5. The fraction of sp³-hybridized carbons (Fsp3) is 0.100. The van der Waals surface area contributed by atoms with Crippen molar-refractivity contribution < 1.29 is 4.74 Å². The quantitative estimate of drug-likeness (QED) is 0.809. The van der Waals surface area contributed by atoms with E-state index in [9.17, 15) is 0 Å². The topological polar surface area (TPSA) is 66.0 Å². The van der Waals surface area contributed by atoms with Crippen LogP contribution in [0.15, 0.2) is 30.7 Å². The first kappa shape index (κ1) is 10.6. The average molecular weight is 234 g/mol. The molecule has 0 radical (unpaired) electrons. The van der Waals surface area contributed by atoms with Gasteiger partial charge in [-0.15, -0.1) is 0 Å². The third-order valence-corrected chi connectivity index (χ3v) is 2.11. The Kier molecular flexibility index (Phi) is 2.82. The van der Waals surface area contributed by atoms with E-state index < -0.39 is 0 Å². The van der Waals surface area contributed by atoms with Crippen LogP contribution in [0.25, 0.3) is 0 Å². The van der Waals surface area contributed by atoms with Crippen LogP contribution < -0.4 is 10.5 Å². The molecule has 16 heavy (non-hydrogen) atoms. The van der Waals surface area contributed by atoms with Gasteiger partial charge >= 0.3 is 0 Å². The number of rotatable bonds is 3. The molecule has 0 spiro atoms. The predicted molar refractivity (Wildman–Crippen MR) is 63.4 cm³/mol. The number of hydrogen-bond donors (Lipinski definition) is 1. The fourth-order valence-corrected chi connectivity index (χ4v) is 1.39. The summed E-state index contributed by atoms with van der Waals surface area (Å²) >= 11 is 4.89. The molecule has 0 unspecified atom stereocenters. The van der Waals surface area contributed by atoms with Gasteiger partial charge in [0.1, 0.15) is 10.7 Å². The van der Waals surface area contributed by atoms with Crippen molar-refractivity contribution in [3.05, 3.63) is 36.4 Å². The lowest BCUT2D eigenvalue weighted by molar-refractivity contribution is 0.478. The van der Waals surface area contributed by atoms with E-state index in [0.29, 0.717) is 17.2 Å². The van der Waals surface area contributed by atoms with Crippen molar-refractivity contribution in [2.45, 2.75) is 0 Å². The van der Waals surface area contributed by atoms with Crippen molar-refractivity contribution in [3.63, 3.8) is 0 Å². The summed E-state index contributed by atoms with van der Waals surface area (Å²) in [5.74, 6) is 1.15. The molecule has 0 bridgehead atoms. The van der Waals surface area contributed by atoms with Crippen LogP contribution in [0.1, 0.15) is 5.69 Å². The van der Waals surface area contributed by atoms with Gasteiger partial charge in [-0.25, -0.2) is 4.98 Å². The van der Waals surface area contributed by atoms with Gasteiger partial charge in [-0.3, -0.25) is 4.68 Å². The normalized spacial score (nSPS) is 10.1. The molecule has 2 heterocycles. The lowest BCUT2D eigenvalue weighted by atomic mass is 10.3. The van der Waals surface area contributed by atoms with E-state index in [2.05, 4.69) is 10.1 Å². The fourth-order valence-electron chi connectivity index (χ4n) is 1.24. The Morgan fingerprint density at radius 1 is 1.56 bits per heavy atom. The third-order valence-electron chi connectivity index (χ3n) is 1.91. The Bertz CT molecular complexity index is 523. The van der Waals surface area contributed by atoms with E-state index in [0.717, 1.165) is 0 Å². The van der Waals surface area contributed by atoms with Crippen LogP contribution in [-0.4, -0.2) is 19.8 Å². The van der Waals surface area contributed by atoms with E-state index in [1.54, 1.807) is 35.4 Å². The smallest absolute Gasteiger partial charge is 0.165 e. The summed E-state index contributed by atoms with van der Waals surface area (Å²) in [6, 6.07) is 3.52. The minimum absolute atomic E-state index is 0.208. The zero-order valence-corrected chi connectivity index (χ0v) is 9.44. The maximum Gasteiger partial charge on any atom is 0.165 e. The van der Waals surface area contributed by atoms with Gasteiger partial charge in [-0.1, -0.05) is 12.2 Å². The molecule has 0 saturated heterocycles. The summed E-state index contributed by atoms with van der Waals surface area (Å²) in [6.45, 7) is 0. The molecular weight excluding hydrogens is 224 g/mol. The van der Waals surface area contributed by atoms with Gasteiger partial charge in [0.25, 0.3) is 0 Å². The summed E-state index contributed by atoms with van der Waals surface area (Å²) in [7, 11) is 1.81. The molecule has 2 rings (SSSR count). The predicted octanol–water partition coefficient (Wildman–Crippen LogP) is 1.24. The van der Waals surface area contributed by atoms with Gasteiger partial charge in [-0.05, 0) is 12.1 Å². The maximum atomic E-state index is 5.58. The zero-order valence-electron chi connectivity index (χ0n) is 8.62. The Morgan fingerprint density at radius 2 is 2.38 bits per heavy atom. The average Bonchev–Trinajstić information content (AvgIpc) is 2.64. The van der Waals surface area contributed by atoms with E-state index in [1.165, 1.54) is 0 Å². The lowest BCUT2D eigenvalue weighted by Crippen LogP contribution is -2.12. The summed E-state index contributed by atoms with van der Waals surface area (Å²) in [6.07, 6.45) is 4.97. The molecule has 0 atom stereocenters. The Labute approximate surface area is 97.9 Å². The number of nitrogens with two attached hydrogens (primary N) is 1. The van der Waals surface area contributed by atoms with E-state index in [-0.39, 0.29) is 4.99 Å². The van der Waals surface area contributed by atoms with E-state index >= 15 is 0 Å². The number of ether oxygens (including phenoxy) is 1. The van der Waals surface area contributed by atoms with Gasteiger partial charge in [0, 0.05) is 13.2 Å². The first-order valence-electron chi connectivity index (χ1n) is 4.58. The highest BCUT2D eigenvalue weighted by Gasteiger charge is 2.08. The summed E-state index contributed by atoms with van der Waals surface area (Å²) in [5.41, 5.74) is 6.02. The van der Waals surface area contributed by atoms with Gasteiger partial charge in [0.15, 0.2) is 11.5 Å². The number of hydrogen-bond acceptors (Lipinski definition) is 4. The largest absolute Gasteiger partial charge is 0.452 e. The standard InChI is InChI=1S/C10H10N4OS/c1-14-6-7(5-13-14)15-8-3-2-4-12-9(8)10(11)16/h2-6H,1H3,(H2,11,16). The summed E-state index contributed by atoms with van der Waals surface area (Å²) < 4.78 is 7.22. The molecule has 2 aromatic heterocycles. The molecule has 2 N–H and O–H groups in total. The molecule has 0 aliphatic heterocycles. The Morgan fingerprint density at radius 3 is 3.00 bits per heavy atom. The van der Waals surface area contributed by atoms with Gasteiger partial charge in [0.05, 0.1) is 12.4 Å². The van der Waals surface area contributed by atoms with Crippen molar-refractivity contribution in [1.29, 1.82) is 0 Å². The van der Waals surface area contributed by atoms with Crippen molar-refractivity contribution >= 4 is 17.2 Å². The highest BCUT2D eigenvalue weighted by atomic mass is 32.1. The van der Waals surface area contributed by atoms with Crippen LogP contribution in [0.5, 0.6) is 11.5 Å². The summed E-state index contributed by atoms with van der Waals surface area (Å²) in [5, 5.41) is 3.99. The first-order valence-corrected chi connectivity index (χ1v) is 4.99. The van der Waals surface area contributed by atoms with E-state index in [1.807, 2.05) is 7.05 Å². The van der Waals surface area contributed by atoms with Crippen LogP contribution >= 0.6 is 12.2 Å². The van der Waals surface area contributed by atoms with Gasteiger partial charge in [0.2, 0.25) is 0 Å². The minimum atomic E-state index is 0.208. The highest BCUT2D eigenvalue weighted by molar-refractivity contribution is 7.80. The van der Waals surface area contributed by atoms with Crippen LogP contribution in [0, 0.1) is 0 Å². The molecular formula is C10H10N4OS. The number of pyridine rings is 1. The molecule has 6 heteroatoms. The van der Waals surface area contributed by atoms with Crippen LogP contribution in [0.4, 0.5) is 0 Å². The third kappa shape index (κ3) is 2.17. The molecule has 82 valence electrons. The SMILES string of the molecule is Cn1cc(Oc2cccnc2C(N)=S)cn1. The maximum absolute atomic E-state index is 5.58. The molecule has 0 saturated carbocycles. The van der Waals surface area contributed by atoms with Gasteiger partial charge in [-0.2, -0.15) is 5.10 Å². The second kappa shape index (κ2) is 4.28. The molecule has 0 aliphatic rings. The molecule has 5 nitrogen and oxygen atoms in total. The van der Waals surface area contributed by atoms with Crippen molar-refractivity contribution in [2.24, 2.45) is 12.8 Å². The van der Waals surface area contributed by atoms with Crippen LogP contribution in [0.3, 0.4) is 0 Å². The Hall–Kier alpha value is -1.95. The second-order valence-corrected chi connectivity index (χ2v) is 3.61. The highest BCUT2D eigenvalue weighted by Crippen LogP contribution is 2.22. The monoisotopic (exact) mass is 234 g/mol. The number of aryl methyl sites for hydroxylation is 1. The second-order valence-electron chi connectivity index (χ2n) is 3.17. The molecule has 0 aromatic carbocycles. The van der Waals surface area contributed by atoms with Gasteiger partial charge < -0.3 is 10.5 Å². The number of aromatic nitrogens is 3. The molecule has 0 fully saturated rings. The molecule has 0 amide bonds. The lowest BCUT2D eigenvalue weighted by Gasteiger charge is -2.06. The van der Waals surface area contributed by atoms with E-state index in [4.69, 9.17) is 22.7 Å². The first-order chi connectivity index (χ1) is 7.66. The van der Waals surface area contributed by atoms with Crippen molar-refractivity contribution in [2.75, 3.05) is 0 Å². The minimum Gasteiger partial charge on any atom is -0.452 e. The summed E-state index contributed by atoms with van der Waals surface area (Å²) in [4.78, 5) is 4.27. The van der Waals surface area contributed by atoms with Crippen LogP contribution in [0.2, 0.25) is 0 Å². The molecule has 0 aliphatic carbocycles.